The number of hydrogen-bond donors (Lipinski definition) is 3. The monoisotopic (exact) mass is 240 g/mol. The van der Waals surface area contributed by atoms with Crippen molar-refractivity contribution in [1.82, 2.24) is 5.01 Å². The van der Waals surface area contributed by atoms with Crippen LogP contribution in [0, 0.1) is 5.41 Å². The van der Waals surface area contributed by atoms with Gasteiger partial charge in [0.25, 0.3) is 5.91 Å². The molecule has 5 N–H and O–H groups in total. The molecule has 0 aliphatic heterocycles. The molecule has 0 saturated carbocycles. The molecule has 1 aromatic carbocycles. The van der Waals surface area contributed by atoms with E-state index in [-0.39, 0.29) is 11.3 Å². The van der Waals surface area contributed by atoms with E-state index in [4.69, 9.17) is 28.6 Å². The van der Waals surface area contributed by atoms with Crippen molar-refractivity contribution in [3.63, 3.8) is 0 Å². The van der Waals surface area contributed by atoms with Crippen molar-refractivity contribution in [1.29, 1.82) is 5.41 Å². The van der Waals surface area contributed by atoms with Gasteiger partial charge in [-0.15, -0.1) is 0 Å². The van der Waals surface area contributed by atoms with E-state index in [0.717, 1.165) is 11.2 Å². The molecular formula is C10H13ClN4O. The number of hydrazine groups is 1. The second-order valence-electron chi connectivity index (χ2n) is 3.19. The van der Waals surface area contributed by atoms with Crippen LogP contribution in [0.5, 0.6) is 0 Å². The maximum Gasteiger partial charge on any atom is 0.268 e. The number of amides is 1. The summed E-state index contributed by atoms with van der Waals surface area (Å²) in [4.78, 5) is 11.8. The molecule has 16 heavy (non-hydrogen) atoms. The molecule has 0 atom stereocenters. The molecule has 6 heteroatoms. The van der Waals surface area contributed by atoms with Gasteiger partial charge in [0, 0.05) is 29.0 Å². The second-order valence-corrected chi connectivity index (χ2v) is 3.63. The summed E-state index contributed by atoms with van der Waals surface area (Å²) in [5, 5.41) is 8.61. The number of nitrogens with one attached hydrogen (secondary N) is 1. The summed E-state index contributed by atoms with van der Waals surface area (Å²) in [6.45, 7) is 2.11. The molecule has 0 fully saturated rings. The van der Waals surface area contributed by atoms with Gasteiger partial charge >= 0.3 is 0 Å². The molecule has 0 radical (unpaired) electrons. The highest BCUT2D eigenvalue weighted by Gasteiger charge is 2.17. The molecule has 0 unspecified atom stereocenters. The van der Waals surface area contributed by atoms with E-state index >= 15 is 0 Å². The largest absolute Gasteiger partial charge is 0.398 e. The van der Waals surface area contributed by atoms with E-state index in [0.29, 0.717) is 17.1 Å². The third kappa shape index (κ3) is 2.32. The minimum Gasteiger partial charge on any atom is -0.398 e. The second kappa shape index (κ2) is 4.96. The Morgan fingerprint density at radius 1 is 1.62 bits per heavy atom. The first-order chi connectivity index (χ1) is 7.51. The van der Waals surface area contributed by atoms with Crippen LogP contribution in [0.4, 0.5) is 5.69 Å². The smallest absolute Gasteiger partial charge is 0.268 e. The van der Waals surface area contributed by atoms with Crippen LogP contribution in [0.1, 0.15) is 22.8 Å². The predicted octanol–water partition coefficient (Wildman–Crippen LogP) is 1.26. The Balaban J connectivity index is 3.31. The van der Waals surface area contributed by atoms with Crippen molar-refractivity contribution in [2.75, 3.05) is 12.3 Å². The highest BCUT2D eigenvalue weighted by atomic mass is 35.5. The third-order valence-electron chi connectivity index (χ3n) is 2.15. The van der Waals surface area contributed by atoms with E-state index in [1.54, 1.807) is 6.92 Å². The lowest BCUT2D eigenvalue weighted by atomic mass is 10.1. The predicted molar refractivity (Wildman–Crippen MR) is 64.6 cm³/mol. The van der Waals surface area contributed by atoms with E-state index < -0.39 is 5.91 Å². The minimum atomic E-state index is -0.407. The fourth-order valence-corrected chi connectivity index (χ4v) is 1.50. The summed E-state index contributed by atoms with van der Waals surface area (Å²) >= 11 is 5.80. The van der Waals surface area contributed by atoms with Gasteiger partial charge in [-0.2, -0.15) is 0 Å². The number of halogens is 1. The zero-order valence-corrected chi connectivity index (χ0v) is 9.58. The molecule has 0 aliphatic rings. The minimum absolute atomic E-state index is 0.240. The molecular weight excluding hydrogens is 228 g/mol. The molecule has 1 amide bonds. The molecule has 0 aliphatic carbocycles. The van der Waals surface area contributed by atoms with Crippen LogP contribution in [0.2, 0.25) is 5.02 Å². The third-order valence-corrected chi connectivity index (χ3v) is 2.37. The van der Waals surface area contributed by atoms with Gasteiger partial charge in [-0.05, 0) is 19.1 Å². The zero-order valence-electron chi connectivity index (χ0n) is 8.83. The molecule has 0 aromatic heterocycles. The van der Waals surface area contributed by atoms with Crippen LogP contribution in [0.3, 0.4) is 0 Å². The van der Waals surface area contributed by atoms with Crippen LogP contribution in [0.15, 0.2) is 12.1 Å². The number of rotatable bonds is 3. The van der Waals surface area contributed by atoms with Crippen LogP contribution < -0.4 is 11.6 Å². The molecule has 86 valence electrons. The lowest BCUT2D eigenvalue weighted by molar-refractivity contribution is 0.0764. The Labute approximate surface area is 98.5 Å². The zero-order chi connectivity index (χ0) is 12.3. The maximum atomic E-state index is 11.8. The van der Waals surface area contributed by atoms with E-state index in [1.165, 1.54) is 12.1 Å². The summed E-state index contributed by atoms with van der Waals surface area (Å²) in [5.74, 6) is 5.09. The highest BCUT2D eigenvalue weighted by Crippen LogP contribution is 2.22. The summed E-state index contributed by atoms with van der Waals surface area (Å²) < 4.78 is 0. The highest BCUT2D eigenvalue weighted by molar-refractivity contribution is 6.31. The summed E-state index contributed by atoms with van der Waals surface area (Å²) in [5.41, 5.74) is 6.52. The fraction of sp³-hybridized carbons (Fsp3) is 0.200. The summed E-state index contributed by atoms with van der Waals surface area (Å²) in [7, 11) is 0. The fourth-order valence-electron chi connectivity index (χ4n) is 1.28. The Morgan fingerprint density at radius 2 is 2.25 bits per heavy atom. The van der Waals surface area contributed by atoms with Crippen molar-refractivity contribution in [3.05, 3.63) is 28.3 Å². The average molecular weight is 241 g/mol. The Hall–Kier alpha value is -1.59. The SMILES string of the molecule is CCN(N)C(=O)c1cc(Cl)cc(N)c1C=N. The van der Waals surface area contributed by atoms with Gasteiger partial charge in [0.1, 0.15) is 0 Å². The van der Waals surface area contributed by atoms with Gasteiger partial charge in [0.05, 0.1) is 5.56 Å². The molecule has 0 heterocycles. The van der Waals surface area contributed by atoms with Gasteiger partial charge in [-0.1, -0.05) is 11.6 Å². The lowest BCUT2D eigenvalue weighted by Gasteiger charge is -2.16. The Kier molecular flexibility index (Phi) is 3.87. The van der Waals surface area contributed by atoms with Gasteiger partial charge in [0.2, 0.25) is 0 Å². The molecule has 0 spiro atoms. The van der Waals surface area contributed by atoms with Gasteiger partial charge in [-0.25, -0.2) is 5.84 Å². The number of carbonyl (C=O) groups is 1. The van der Waals surface area contributed by atoms with E-state index in [9.17, 15) is 4.79 Å². The molecule has 1 aromatic rings. The van der Waals surface area contributed by atoms with E-state index in [2.05, 4.69) is 0 Å². The Bertz CT molecular complexity index is 433. The van der Waals surface area contributed by atoms with Gasteiger partial charge < -0.3 is 11.1 Å². The number of benzene rings is 1. The lowest BCUT2D eigenvalue weighted by Crippen LogP contribution is -2.37. The van der Waals surface area contributed by atoms with Crippen LogP contribution in [-0.2, 0) is 0 Å². The topological polar surface area (TPSA) is 96.2 Å². The van der Waals surface area contributed by atoms with Crippen molar-refractivity contribution in [3.8, 4) is 0 Å². The number of carbonyl (C=O) groups excluding carboxylic acids is 1. The van der Waals surface area contributed by atoms with Crippen molar-refractivity contribution >= 4 is 29.4 Å². The van der Waals surface area contributed by atoms with Crippen LogP contribution in [0.25, 0.3) is 0 Å². The van der Waals surface area contributed by atoms with Crippen LogP contribution in [-0.4, -0.2) is 23.7 Å². The van der Waals surface area contributed by atoms with Gasteiger partial charge in [-0.3, -0.25) is 9.80 Å². The maximum absolute atomic E-state index is 11.8. The van der Waals surface area contributed by atoms with Crippen molar-refractivity contribution in [2.45, 2.75) is 6.92 Å². The number of nitrogens with two attached hydrogens (primary N) is 2. The molecule has 5 nitrogen and oxygen atoms in total. The summed E-state index contributed by atoms with van der Waals surface area (Å²) in [6, 6.07) is 2.95. The average Bonchev–Trinajstić information content (AvgIpc) is 2.26. The van der Waals surface area contributed by atoms with Gasteiger partial charge in [0.15, 0.2) is 0 Å². The normalized spacial score (nSPS) is 9.94. The molecule has 0 bridgehead atoms. The number of anilines is 1. The van der Waals surface area contributed by atoms with Crippen LogP contribution >= 0.6 is 11.6 Å². The standard InChI is InChI=1S/C10H13ClN4O/c1-2-15(14)10(16)7-3-6(11)4-9(13)8(7)5-12/h3-5,12H,2,13-14H2,1H3. The number of hydrogen-bond acceptors (Lipinski definition) is 4. The summed E-state index contributed by atoms with van der Waals surface area (Å²) in [6.07, 6.45) is 1.02. The van der Waals surface area contributed by atoms with Crippen molar-refractivity contribution in [2.24, 2.45) is 5.84 Å². The molecule has 1 rings (SSSR count). The van der Waals surface area contributed by atoms with Crippen molar-refractivity contribution < 1.29 is 4.79 Å². The Morgan fingerprint density at radius 3 is 2.75 bits per heavy atom. The first kappa shape index (κ1) is 12.5. The number of nitrogen functional groups attached to an aromatic ring is 1. The number of nitrogens with zero attached hydrogens (tertiary/aromatic N) is 1. The quantitative estimate of drug-likeness (QED) is 0.244. The van der Waals surface area contributed by atoms with E-state index in [1.807, 2.05) is 0 Å². The first-order valence-electron chi connectivity index (χ1n) is 4.67. The molecule has 0 saturated heterocycles. The first-order valence-corrected chi connectivity index (χ1v) is 5.05.